The number of benzene rings is 1. The van der Waals surface area contributed by atoms with Crippen molar-refractivity contribution in [1.82, 2.24) is 0 Å². The van der Waals surface area contributed by atoms with Crippen molar-refractivity contribution in [2.75, 3.05) is 18.5 Å². The molecule has 1 N–H and O–H groups in total. The number of amides is 1. The van der Waals surface area contributed by atoms with Gasteiger partial charge in [0, 0.05) is 16.4 Å². The van der Waals surface area contributed by atoms with Gasteiger partial charge < -0.3 is 14.8 Å². The predicted molar refractivity (Wildman–Crippen MR) is 135 cm³/mol. The van der Waals surface area contributed by atoms with Gasteiger partial charge in [0.1, 0.15) is 0 Å². The van der Waals surface area contributed by atoms with Crippen LogP contribution in [0.4, 0.5) is 5.69 Å². The van der Waals surface area contributed by atoms with Gasteiger partial charge in [0.25, 0.3) is 10.5 Å². The van der Waals surface area contributed by atoms with E-state index in [9.17, 15) is 14.4 Å². The van der Waals surface area contributed by atoms with Crippen LogP contribution in [0.3, 0.4) is 0 Å². The van der Waals surface area contributed by atoms with Crippen molar-refractivity contribution < 1.29 is 23.9 Å². The molecule has 1 aliphatic carbocycles. The fourth-order valence-electron chi connectivity index (χ4n) is 3.47. The Labute approximate surface area is 218 Å². The summed E-state index contributed by atoms with van der Waals surface area (Å²) < 4.78 is 13.1. The second kappa shape index (κ2) is 10.1. The summed E-state index contributed by atoms with van der Waals surface area (Å²) in [6, 6.07) is 0. The van der Waals surface area contributed by atoms with Crippen LogP contribution in [-0.2, 0) is 14.3 Å². The number of carbonyl (C=O) groups excluding carboxylic acids is 3. The van der Waals surface area contributed by atoms with E-state index in [4.69, 9.17) is 32.7 Å². The van der Waals surface area contributed by atoms with Gasteiger partial charge in [-0.2, -0.15) is 0 Å². The zero-order chi connectivity index (χ0) is 21.3. The minimum absolute atomic E-state index is 0.143. The minimum Gasteiger partial charge on any atom is -0.349 e. The largest absolute Gasteiger partial charge is 0.349 e. The molecule has 1 aromatic carbocycles. The van der Waals surface area contributed by atoms with Crippen molar-refractivity contribution in [2.45, 2.75) is 37.9 Å². The van der Waals surface area contributed by atoms with Crippen LogP contribution >= 0.6 is 91.0 Å². The smallest absolute Gasteiger partial charge is 0.254 e. The quantitative estimate of drug-likeness (QED) is 0.322. The molecular formula is C18H16Cl2I3NO5. The molecule has 0 unspecified atom stereocenters. The third-order valence-electron chi connectivity index (χ3n) is 5.04. The van der Waals surface area contributed by atoms with Crippen LogP contribution in [0.1, 0.15) is 52.8 Å². The first-order valence-corrected chi connectivity index (χ1v) is 12.8. The topological polar surface area (TPSA) is 81.7 Å². The summed E-state index contributed by atoms with van der Waals surface area (Å²) in [4.78, 5) is 36.7. The Morgan fingerprint density at radius 1 is 0.862 bits per heavy atom. The minimum atomic E-state index is -0.728. The highest BCUT2D eigenvalue weighted by Gasteiger charge is 2.40. The number of hydrogen-bond donors (Lipinski definition) is 1. The number of ether oxygens (including phenoxy) is 2. The molecule has 1 aromatic rings. The average molecular weight is 778 g/mol. The summed E-state index contributed by atoms with van der Waals surface area (Å²) in [5, 5.41) is 1.36. The van der Waals surface area contributed by atoms with Crippen molar-refractivity contribution in [1.29, 1.82) is 0 Å². The van der Waals surface area contributed by atoms with E-state index in [-0.39, 0.29) is 30.2 Å². The van der Waals surface area contributed by atoms with Crippen molar-refractivity contribution in [3.05, 3.63) is 21.8 Å². The monoisotopic (exact) mass is 777 g/mol. The lowest BCUT2D eigenvalue weighted by Crippen LogP contribution is -2.48. The van der Waals surface area contributed by atoms with E-state index in [1.54, 1.807) is 0 Å². The average Bonchev–Trinajstić information content (AvgIpc) is 2.65. The number of hydrogen-bond acceptors (Lipinski definition) is 5. The van der Waals surface area contributed by atoms with Gasteiger partial charge in [-0.05, 0) is 104 Å². The molecule has 0 bridgehead atoms. The first kappa shape index (κ1) is 24.4. The van der Waals surface area contributed by atoms with Crippen LogP contribution in [0.25, 0.3) is 0 Å². The predicted octanol–water partition coefficient (Wildman–Crippen LogP) is 5.52. The molecule has 1 spiro atoms. The van der Waals surface area contributed by atoms with Crippen molar-refractivity contribution in [3.8, 4) is 0 Å². The van der Waals surface area contributed by atoms with Gasteiger partial charge >= 0.3 is 0 Å². The maximum Gasteiger partial charge on any atom is 0.254 e. The molecule has 2 fully saturated rings. The molecule has 1 heterocycles. The molecule has 11 heteroatoms. The number of carbonyl (C=O) groups is 3. The number of halogens is 5. The molecular weight excluding hydrogens is 762 g/mol. The Kier molecular flexibility index (Phi) is 8.49. The molecule has 29 heavy (non-hydrogen) atoms. The highest BCUT2D eigenvalue weighted by molar-refractivity contribution is 14.1. The highest BCUT2D eigenvalue weighted by Crippen LogP contribution is 2.39. The van der Waals surface area contributed by atoms with Gasteiger partial charge in [-0.15, -0.1) is 0 Å². The molecule has 158 valence electrons. The molecule has 0 atom stereocenters. The van der Waals surface area contributed by atoms with Crippen molar-refractivity contribution >= 4 is 113 Å². The van der Waals surface area contributed by atoms with Gasteiger partial charge in [0.05, 0.1) is 43.1 Å². The number of anilines is 1. The van der Waals surface area contributed by atoms with Gasteiger partial charge in [-0.1, -0.05) is 6.42 Å². The van der Waals surface area contributed by atoms with E-state index in [0.29, 0.717) is 16.4 Å². The summed E-state index contributed by atoms with van der Waals surface area (Å²) in [7, 11) is 0. The first-order valence-electron chi connectivity index (χ1n) is 8.86. The van der Waals surface area contributed by atoms with E-state index in [1.807, 2.05) is 67.8 Å². The van der Waals surface area contributed by atoms with E-state index in [0.717, 1.165) is 25.7 Å². The van der Waals surface area contributed by atoms with Gasteiger partial charge in [-0.3, -0.25) is 14.4 Å². The maximum atomic E-state index is 12.9. The lowest BCUT2D eigenvalue weighted by molar-refractivity contribution is -0.291. The maximum absolute atomic E-state index is 12.9. The van der Waals surface area contributed by atoms with Crippen LogP contribution in [0.5, 0.6) is 0 Å². The molecule has 6 nitrogen and oxygen atoms in total. The molecule has 3 rings (SSSR count). The summed E-state index contributed by atoms with van der Waals surface area (Å²) >= 11 is 17.2. The van der Waals surface area contributed by atoms with E-state index >= 15 is 0 Å². The number of rotatable bonds is 4. The van der Waals surface area contributed by atoms with Crippen molar-refractivity contribution in [3.63, 3.8) is 0 Å². The molecule has 2 aliphatic rings. The Bertz CT molecular complexity index is 823. The molecule has 1 aliphatic heterocycles. The summed E-state index contributed by atoms with van der Waals surface area (Å²) in [6.07, 6.45) is 4.97. The number of nitrogens with one attached hydrogen (secondary N) is 1. The third-order valence-corrected chi connectivity index (χ3v) is 8.65. The summed E-state index contributed by atoms with van der Waals surface area (Å²) in [5.74, 6) is -1.37. The normalized spacial score (nSPS) is 19.2. The standard InChI is InChI=1S/C18H16Cl2I3NO5/c19-15(25)9-11(21)10(16(20)26)13(23)14(12(9)22)24-17(27)8-6-28-18(29-7-8)4-2-1-3-5-18/h8H,1-7H2,(H,24,27). The lowest BCUT2D eigenvalue weighted by Gasteiger charge is -2.42. The van der Waals surface area contributed by atoms with Crippen LogP contribution in [0.15, 0.2) is 0 Å². The Balaban J connectivity index is 1.83. The van der Waals surface area contributed by atoms with E-state index in [2.05, 4.69) is 5.32 Å². The molecule has 1 saturated carbocycles. The fourth-order valence-corrected chi connectivity index (χ4v) is 8.90. The van der Waals surface area contributed by atoms with Crippen molar-refractivity contribution in [2.24, 2.45) is 5.92 Å². The Hall–Kier alpha value is 0.720. The molecule has 1 amide bonds. The highest BCUT2D eigenvalue weighted by atomic mass is 127. The Morgan fingerprint density at radius 2 is 1.34 bits per heavy atom. The van der Waals surface area contributed by atoms with E-state index in [1.165, 1.54) is 6.42 Å². The second-order valence-electron chi connectivity index (χ2n) is 6.89. The zero-order valence-corrected chi connectivity index (χ0v) is 22.9. The first-order chi connectivity index (χ1) is 13.7. The lowest BCUT2D eigenvalue weighted by atomic mass is 9.93. The molecule has 0 aromatic heterocycles. The molecule has 0 radical (unpaired) electrons. The van der Waals surface area contributed by atoms with Gasteiger partial charge in [0.15, 0.2) is 5.79 Å². The van der Waals surface area contributed by atoms with Crippen LogP contribution in [0.2, 0.25) is 0 Å². The van der Waals surface area contributed by atoms with Gasteiger partial charge in [0.2, 0.25) is 5.91 Å². The van der Waals surface area contributed by atoms with Crippen LogP contribution < -0.4 is 5.32 Å². The van der Waals surface area contributed by atoms with Crippen LogP contribution in [-0.4, -0.2) is 35.4 Å². The summed E-state index contributed by atoms with van der Waals surface area (Å²) in [6.45, 7) is 0.512. The van der Waals surface area contributed by atoms with Crippen LogP contribution in [0, 0.1) is 16.6 Å². The van der Waals surface area contributed by atoms with E-state index < -0.39 is 22.2 Å². The zero-order valence-electron chi connectivity index (χ0n) is 15.0. The Morgan fingerprint density at radius 3 is 1.79 bits per heavy atom. The third kappa shape index (κ3) is 5.21. The fraction of sp³-hybridized carbons (Fsp3) is 0.500. The molecule has 1 saturated heterocycles. The second-order valence-corrected chi connectivity index (χ2v) is 10.8. The van der Waals surface area contributed by atoms with Gasteiger partial charge in [-0.25, -0.2) is 0 Å². The summed E-state index contributed by atoms with van der Waals surface area (Å²) in [5.41, 5.74) is 0.623. The SMILES string of the molecule is O=C(Cl)c1c(I)c(NC(=O)C2COC3(CCCCC3)OC2)c(I)c(C(=O)Cl)c1I.